The van der Waals surface area contributed by atoms with Gasteiger partial charge in [0.15, 0.2) is 0 Å². The van der Waals surface area contributed by atoms with Gasteiger partial charge in [-0.15, -0.1) is 0 Å². The van der Waals surface area contributed by atoms with Crippen molar-refractivity contribution in [3.63, 3.8) is 0 Å². The molecule has 0 unspecified atom stereocenters. The molecule has 17 heavy (non-hydrogen) atoms. The Morgan fingerprint density at radius 3 is 2.35 bits per heavy atom. The Kier molecular flexibility index (Phi) is 2.99. The standard InChI is InChI=1S/C10H15N5O2/c1-7(16)14-2-4-15(5-3-14)10(17)8-6-12-13-9(8)11/h6H,2-5H2,1H3,(H3,11,12,13). The molecule has 0 spiro atoms. The number of aromatic amines is 1. The monoisotopic (exact) mass is 237 g/mol. The summed E-state index contributed by atoms with van der Waals surface area (Å²) in [6.07, 6.45) is 1.43. The van der Waals surface area contributed by atoms with Gasteiger partial charge in [0.25, 0.3) is 5.91 Å². The molecule has 0 saturated carbocycles. The van der Waals surface area contributed by atoms with Gasteiger partial charge in [0, 0.05) is 33.1 Å². The number of nitrogens with one attached hydrogen (secondary N) is 1. The molecule has 92 valence electrons. The van der Waals surface area contributed by atoms with Gasteiger partial charge in [-0.2, -0.15) is 5.10 Å². The molecular formula is C10H15N5O2. The summed E-state index contributed by atoms with van der Waals surface area (Å²) in [6.45, 7) is 3.73. The highest BCUT2D eigenvalue weighted by atomic mass is 16.2. The molecule has 1 fully saturated rings. The van der Waals surface area contributed by atoms with Gasteiger partial charge >= 0.3 is 0 Å². The van der Waals surface area contributed by atoms with Crippen molar-refractivity contribution in [1.29, 1.82) is 0 Å². The van der Waals surface area contributed by atoms with Crippen molar-refractivity contribution in [3.05, 3.63) is 11.8 Å². The molecule has 0 aromatic carbocycles. The van der Waals surface area contributed by atoms with Crippen LogP contribution >= 0.6 is 0 Å². The van der Waals surface area contributed by atoms with Crippen LogP contribution in [0.3, 0.4) is 0 Å². The maximum Gasteiger partial charge on any atom is 0.259 e. The number of nitrogen functional groups attached to an aromatic ring is 1. The first kappa shape index (κ1) is 11.4. The van der Waals surface area contributed by atoms with Gasteiger partial charge in [-0.3, -0.25) is 14.7 Å². The highest BCUT2D eigenvalue weighted by molar-refractivity contribution is 5.98. The fourth-order valence-electron chi connectivity index (χ4n) is 1.86. The van der Waals surface area contributed by atoms with E-state index in [1.807, 2.05) is 0 Å². The number of nitrogens with two attached hydrogens (primary N) is 1. The number of aromatic nitrogens is 2. The van der Waals surface area contributed by atoms with E-state index in [-0.39, 0.29) is 17.6 Å². The zero-order valence-electron chi connectivity index (χ0n) is 9.64. The largest absolute Gasteiger partial charge is 0.383 e. The molecule has 0 radical (unpaired) electrons. The number of nitrogens with zero attached hydrogens (tertiary/aromatic N) is 3. The van der Waals surface area contributed by atoms with Gasteiger partial charge in [-0.05, 0) is 0 Å². The lowest BCUT2D eigenvalue weighted by Crippen LogP contribution is -2.50. The summed E-state index contributed by atoms with van der Waals surface area (Å²) >= 11 is 0. The number of rotatable bonds is 1. The molecule has 1 aromatic heterocycles. The SMILES string of the molecule is CC(=O)N1CCN(C(=O)c2cn[nH]c2N)CC1. The summed E-state index contributed by atoms with van der Waals surface area (Å²) in [5, 5.41) is 6.25. The average Bonchev–Trinajstić information content (AvgIpc) is 2.74. The summed E-state index contributed by atoms with van der Waals surface area (Å²) in [4.78, 5) is 26.6. The van der Waals surface area contributed by atoms with Crippen molar-refractivity contribution in [2.75, 3.05) is 31.9 Å². The number of H-pyrrole nitrogens is 1. The smallest absolute Gasteiger partial charge is 0.259 e. The summed E-state index contributed by atoms with van der Waals surface area (Å²) in [7, 11) is 0. The normalized spacial score (nSPS) is 16.1. The fraction of sp³-hybridized carbons (Fsp3) is 0.500. The van der Waals surface area contributed by atoms with Crippen molar-refractivity contribution in [1.82, 2.24) is 20.0 Å². The third-order valence-corrected chi connectivity index (χ3v) is 2.91. The molecule has 1 aromatic rings. The maximum absolute atomic E-state index is 12.0. The molecule has 2 amide bonds. The third kappa shape index (κ3) is 2.22. The second-order valence-corrected chi connectivity index (χ2v) is 4.00. The van der Waals surface area contributed by atoms with E-state index in [1.54, 1.807) is 9.80 Å². The number of hydrogen-bond acceptors (Lipinski definition) is 4. The van der Waals surface area contributed by atoms with E-state index in [4.69, 9.17) is 5.73 Å². The molecule has 1 aliphatic heterocycles. The first-order valence-corrected chi connectivity index (χ1v) is 5.43. The minimum Gasteiger partial charge on any atom is -0.383 e. The van der Waals surface area contributed by atoms with Crippen molar-refractivity contribution in [3.8, 4) is 0 Å². The van der Waals surface area contributed by atoms with Gasteiger partial charge < -0.3 is 15.5 Å². The van der Waals surface area contributed by atoms with Crippen LogP contribution in [0.15, 0.2) is 6.20 Å². The molecule has 1 aliphatic rings. The Bertz CT molecular complexity index is 434. The highest BCUT2D eigenvalue weighted by Gasteiger charge is 2.24. The van der Waals surface area contributed by atoms with Crippen molar-refractivity contribution < 1.29 is 9.59 Å². The van der Waals surface area contributed by atoms with E-state index in [0.29, 0.717) is 31.7 Å². The number of carbonyl (C=O) groups is 2. The molecule has 7 nitrogen and oxygen atoms in total. The topological polar surface area (TPSA) is 95.3 Å². The maximum atomic E-state index is 12.0. The summed E-state index contributed by atoms with van der Waals surface area (Å²) in [6, 6.07) is 0. The second kappa shape index (κ2) is 4.44. The third-order valence-electron chi connectivity index (χ3n) is 2.91. The minimum absolute atomic E-state index is 0.0416. The molecule has 2 rings (SSSR count). The highest BCUT2D eigenvalue weighted by Crippen LogP contribution is 2.12. The summed E-state index contributed by atoms with van der Waals surface area (Å²) in [5.74, 6) is 0.184. The zero-order chi connectivity index (χ0) is 12.4. The predicted molar refractivity (Wildman–Crippen MR) is 61.2 cm³/mol. The van der Waals surface area contributed by atoms with E-state index in [9.17, 15) is 9.59 Å². The molecule has 0 aliphatic carbocycles. The van der Waals surface area contributed by atoms with E-state index >= 15 is 0 Å². The van der Waals surface area contributed by atoms with Crippen molar-refractivity contribution >= 4 is 17.6 Å². The quantitative estimate of drug-likeness (QED) is 0.675. The van der Waals surface area contributed by atoms with E-state index in [0.717, 1.165) is 0 Å². The molecule has 3 N–H and O–H groups in total. The van der Waals surface area contributed by atoms with Crippen LogP contribution in [-0.2, 0) is 4.79 Å². The number of piperazine rings is 1. The van der Waals surface area contributed by atoms with Gasteiger partial charge in [0.05, 0.1) is 6.20 Å². The summed E-state index contributed by atoms with van der Waals surface area (Å²) in [5.41, 5.74) is 5.98. The van der Waals surface area contributed by atoms with Crippen LogP contribution in [0.1, 0.15) is 17.3 Å². The Balaban J connectivity index is 2.00. The molecule has 0 bridgehead atoms. The molecule has 0 atom stereocenters. The van der Waals surface area contributed by atoms with Crippen LogP contribution in [0.4, 0.5) is 5.82 Å². The molecular weight excluding hydrogens is 222 g/mol. The fourth-order valence-corrected chi connectivity index (χ4v) is 1.86. The van der Waals surface area contributed by atoms with Crippen LogP contribution in [0.2, 0.25) is 0 Å². The van der Waals surface area contributed by atoms with Crippen LogP contribution < -0.4 is 5.73 Å². The lowest BCUT2D eigenvalue weighted by Gasteiger charge is -2.34. The molecule has 2 heterocycles. The van der Waals surface area contributed by atoms with E-state index in [1.165, 1.54) is 13.1 Å². The molecule has 1 saturated heterocycles. The van der Waals surface area contributed by atoms with Crippen molar-refractivity contribution in [2.24, 2.45) is 0 Å². The van der Waals surface area contributed by atoms with Gasteiger partial charge in [0.1, 0.15) is 11.4 Å². The van der Waals surface area contributed by atoms with Gasteiger partial charge in [-0.1, -0.05) is 0 Å². The molecule has 7 heteroatoms. The van der Waals surface area contributed by atoms with Crippen LogP contribution in [0.5, 0.6) is 0 Å². The van der Waals surface area contributed by atoms with Gasteiger partial charge in [-0.25, -0.2) is 0 Å². The lowest BCUT2D eigenvalue weighted by molar-refractivity contribution is -0.130. The number of amides is 2. The number of anilines is 1. The first-order chi connectivity index (χ1) is 8.09. The predicted octanol–water partition coefficient (Wildman–Crippen LogP) is -0.704. The Hall–Kier alpha value is -2.05. The number of hydrogen-bond donors (Lipinski definition) is 2. The van der Waals surface area contributed by atoms with E-state index in [2.05, 4.69) is 10.2 Å². The van der Waals surface area contributed by atoms with E-state index < -0.39 is 0 Å². The Morgan fingerprint density at radius 2 is 1.88 bits per heavy atom. The van der Waals surface area contributed by atoms with Gasteiger partial charge in [0.2, 0.25) is 5.91 Å². The Labute approximate surface area is 98.6 Å². The second-order valence-electron chi connectivity index (χ2n) is 4.00. The first-order valence-electron chi connectivity index (χ1n) is 5.43. The van der Waals surface area contributed by atoms with Crippen molar-refractivity contribution in [2.45, 2.75) is 6.92 Å². The van der Waals surface area contributed by atoms with Crippen LogP contribution in [0.25, 0.3) is 0 Å². The van der Waals surface area contributed by atoms with Crippen LogP contribution in [0, 0.1) is 0 Å². The minimum atomic E-state index is -0.139. The summed E-state index contributed by atoms with van der Waals surface area (Å²) < 4.78 is 0. The zero-order valence-corrected chi connectivity index (χ0v) is 9.64. The average molecular weight is 237 g/mol. The Morgan fingerprint density at radius 1 is 1.29 bits per heavy atom. The number of carbonyl (C=O) groups excluding carboxylic acids is 2. The lowest BCUT2D eigenvalue weighted by atomic mass is 10.2. The van der Waals surface area contributed by atoms with Crippen LogP contribution in [-0.4, -0.2) is 58.0 Å².